The van der Waals surface area contributed by atoms with E-state index in [1.807, 2.05) is 12.1 Å². The zero-order valence-electron chi connectivity index (χ0n) is 10.8. The highest BCUT2D eigenvalue weighted by atomic mass is 32.2. The van der Waals surface area contributed by atoms with Gasteiger partial charge in [-0.1, -0.05) is 6.07 Å². The maximum absolute atomic E-state index is 12.1. The molecule has 1 N–H and O–H groups in total. The number of hydrogen-bond acceptors (Lipinski definition) is 3. The van der Waals surface area contributed by atoms with Crippen LogP contribution in [0.1, 0.15) is 36.8 Å². The third kappa shape index (κ3) is 1.77. The minimum atomic E-state index is -0.780. The first kappa shape index (κ1) is 11.9. The summed E-state index contributed by atoms with van der Waals surface area (Å²) < 4.78 is 17.6. The average Bonchev–Trinajstić information content (AvgIpc) is 2.94. The van der Waals surface area contributed by atoms with E-state index in [-0.39, 0.29) is 10.5 Å². The third-order valence-electron chi connectivity index (χ3n) is 4.83. The average molecular weight is 278 g/mol. The molecule has 0 radical (unpaired) electrons. The second kappa shape index (κ2) is 4.06. The van der Waals surface area contributed by atoms with E-state index < -0.39 is 16.4 Å². The lowest BCUT2D eigenvalue weighted by atomic mass is 9.85. The second-order valence-electron chi connectivity index (χ2n) is 6.01. The highest BCUT2D eigenvalue weighted by Gasteiger charge is 2.48. The molecule has 2 fully saturated rings. The maximum atomic E-state index is 12.1. The van der Waals surface area contributed by atoms with Crippen LogP contribution in [-0.4, -0.2) is 26.4 Å². The summed E-state index contributed by atoms with van der Waals surface area (Å²) in [4.78, 5) is 0. The molecule has 3 aliphatic heterocycles. The Morgan fingerprint density at radius 2 is 2.00 bits per heavy atom. The van der Waals surface area contributed by atoms with Gasteiger partial charge in [-0.3, -0.25) is 4.21 Å². The second-order valence-corrected chi connectivity index (χ2v) is 8.00. The molecule has 1 aromatic carbocycles. The molecule has 1 aromatic rings. The van der Waals surface area contributed by atoms with Crippen molar-refractivity contribution in [3.8, 4) is 5.75 Å². The van der Waals surface area contributed by atoms with Crippen molar-refractivity contribution in [1.29, 1.82) is 0 Å². The summed E-state index contributed by atoms with van der Waals surface area (Å²) in [6, 6.07) is 6.05. The fourth-order valence-corrected chi connectivity index (χ4v) is 5.95. The molecule has 2 saturated heterocycles. The van der Waals surface area contributed by atoms with Gasteiger partial charge in [0.1, 0.15) is 5.75 Å². The van der Waals surface area contributed by atoms with Gasteiger partial charge in [0.15, 0.2) is 0 Å². The largest absolute Gasteiger partial charge is 0.493 e. The molecule has 0 aromatic heterocycles. The van der Waals surface area contributed by atoms with Gasteiger partial charge < -0.3 is 9.84 Å². The topological polar surface area (TPSA) is 46.5 Å². The number of ether oxygens (including phenoxy) is 1. The Hall–Kier alpha value is -0.870. The van der Waals surface area contributed by atoms with Crippen molar-refractivity contribution in [1.82, 2.24) is 0 Å². The number of aliphatic hydroxyl groups is 1. The number of hydrogen-bond donors (Lipinski definition) is 1. The van der Waals surface area contributed by atoms with Gasteiger partial charge in [-0.05, 0) is 48.9 Å². The van der Waals surface area contributed by atoms with Crippen LogP contribution < -0.4 is 4.74 Å². The van der Waals surface area contributed by atoms with Crippen LogP contribution >= 0.6 is 0 Å². The summed E-state index contributed by atoms with van der Waals surface area (Å²) in [5.41, 5.74) is 1.41. The van der Waals surface area contributed by atoms with Crippen LogP contribution in [0.25, 0.3) is 0 Å². The molecule has 0 amide bonds. The molecular formula is C15H18O3S. The monoisotopic (exact) mass is 278 g/mol. The fraction of sp³-hybridized carbons (Fsp3) is 0.600. The van der Waals surface area contributed by atoms with Crippen LogP contribution in [0.5, 0.6) is 5.75 Å². The standard InChI is InChI=1S/C15H18O3S/c16-15(8-12-2-3-13(9-15)19(12)17)11-1-4-14-10(7-11)5-6-18-14/h1,4,7,12-13,16H,2-3,5-6,8-9H2. The molecule has 0 spiro atoms. The number of fused-ring (bicyclic) bond motifs is 3. The van der Waals surface area contributed by atoms with E-state index in [2.05, 4.69) is 6.07 Å². The Kier molecular flexibility index (Phi) is 2.55. The molecule has 3 aliphatic rings. The summed E-state index contributed by atoms with van der Waals surface area (Å²) in [6.07, 6.45) is 4.24. The van der Waals surface area contributed by atoms with E-state index in [1.165, 1.54) is 5.56 Å². The van der Waals surface area contributed by atoms with Gasteiger partial charge in [0.25, 0.3) is 0 Å². The summed E-state index contributed by atoms with van der Waals surface area (Å²) >= 11 is 0. The van der Waals surface area contributed by atoms with Gasteiger partial charge in [0.2, 0.25) is 0 Å². The molecule has 102 valence electrons. The summed E-state index contributed by atoms with van der Waals surface area (Å²) in [5, 5.41) is 11.4. The lowest BCUT2D eigenvalue weighted by Crippen LogP contribution is -2.40. The molecule has 3 nitrogen and oxygen atoms in total. The van der Waals surface area contributed by atoms with E-state index in [9.17, 15) is 9.32 Å². The van der Waals surface area contributed by atoms with Gasteiger partial charge in [0, 0.05) is 27.7 Å². The highest BCUT2D eigenvalue weighted by Crippen LogP contribution is 2.46. The Balaban J connectivity index is 1.70. The normalized spacial score (nSPS) is 39.9. The Morgan fingerprint density at radius 1 is 1.26 bits per heavy atom. The van der Waals surface area contributed by atoms with E-state index in [4.69, 9.17) is 4.74 Å². The SMILES string of the molecule is O=S1C2CCC1CC(O)(c1ccc3c(c1)CCO3)C2. The van der Waals surface area contributed by atoms with E-state index in [0.29, 0.717) is 12.8 Å². The Labute approximate surface area is 115 Å². The molecular weight excluding hydrogens is 260 g/mol. The molecule has 19 heavy (non-hydrogen) atoms. The van der Waals surface area contributed by atoms with E-state index in [1.54, 1.807) is 0 Å². The van der Waals surface area contributed by atoms with Gasteiger partial charge in [-0.25, -0.2) is 0 Å². The van der Waals surface area contributed by atoms with E-state index in [0.717, 1.165) is 37.2 Å². The van der Waals surface area contributed by atoms with E-state index >= 15 is 0 Å². The molecule has 0 saturated carbocycles. The first-order valence-electron chi connectivity index (χ1n) is 7.04. The van der Waals surface area contributed by atoms with Crippen molar-refractivity contribution >= 4 is 10.8 Å². The van der Waals surface area contributed by atoms with Crippen LogP contribution in [0.15, 0.2) is 18.2 Å². The predicted octanol–water partition coefficient (Wildman–Crippen LogP) is 1.88. The third-order valence-corrected chi connectivity index (χ3v) is 6.94. The molecule has 2 bridgehead atoms. The summed E-state index contributed by atoms with van der Waals surface area (Å²) in [5.74, 6) is 0.953. The summed E-state index contributed by atoms with van der Waals surface area (Å²) in [6.45, 7) is 0.743. The van der Waals surface area contributed by atoms with Crippen LogP contribution in [0.3, 0.4) is 0 Å². The van der Waals surface area contributed by atoms with Crippen molar-refractivity contribution in [2.75, 3.05) is 6.61 Å². The molecule has 3 heterocycles. The zero-order valence-corrected chi connectivity index (χ0v) is 11.6. The molecule has 2 unspecified atom stereocenters. The van der Waals surface area contributed by atoms with Crippen LogP contribution in [0.4, 0.5) is 0 Å². The Bertz CT molecular complexity index is 538. The smallest absolute Gasteiger partial charge is 0.122 e. The molecule has 2 atom stereocenters. The summed E-state index contributed by atoms with van der Waals surface area (Å²) in [7, 11) is -0.723. The van der Waals surface area contributed by atoms with Crippen molar-refractivity contribution < 1.29 is 14.1 Å². The van der Waals surface area contributed by atoms with Gasteiger partial charge in [-0.2, -0.15) is 0 Å². The minimum absolute atomic E-state index is 0.188. The Morgan fingerprint density at radius 3 is 2.74 bits per heavy atom. The van der Waals surface area contributed by atoms with Gasteiger partial charge in [-0.15, -0.1) is 0 Å². The fourth-order valence-electron chi connectivity index (χ4n) is 3.79. The zero-order chi connectivity index (χ0) is 13.0. The predicted molar refractivity (Wildman–Crippen MR) is 73.7 cm³/mol. The van der Waals surface area contributed by atoms with Gasteiger partial charge >= 0.3 is 0 Å². The van der Waals surface area contributed by atoms with Crippen molar-refractivity contribution in [3.63, 3.8) is 0 Å². The lowest BCUT2D eigenvalue weighted by Gasteiger charge is -2.36. The quantitative estimate of drug-likeness (QED) is 0.853. The molecule has 0 aliphatic carbocycles. The molecule has 4 heteroatoms. The van der Waals surface area contributed by atoms with Crippen LogP contribution in [-0.2, 0) is 22.8 Å². The maximum Gasteiger partial charge on any atom is 0.122 e. The lowest BCUT2D eigenvalue weighted by molar-refractivity contribution is 0.0184. The van der Waals surface area contributed by atoms with Crippen LogP contribution in [0.2, 0.25) is 0 Å². The van der Waals surface area contributed by atoms with Crippen molar-refractivity contribution in [3.05, 3.63) is 29.3 Å². The number of benzene rings is 1. The van der Waals surface area contributed by atoms with Crippen molar-refractivity contribution in [2.45, 2.75) is 48.2 Å². The minimum Gasteiger partial charge on any atom is -0.493 e. The number of rotatable bonds is 1. The highest BCUT2D eigenvalue weighted by molar-refractivity contribution is 7.86. The first-order chi connectivity index (χ1) is 9.16. The van der Waals surface area contributed by atoms with Crippen molar-refractivity contribution in [2.24, 2.45) is 0 Å². The van der Waals surface area contributed by atoms with Gasteiger partial charge in [0.05, 0.1) is 12.2 Å². The first-order valence-corrected chi connectivity index (χ1v) is 8.31. The van der Waals surface area contributed by atoms with Crippen LogP contribution in [0, 0.1) is 0 Å². The molecule has 4 rings (SSSR count).